The lowest BCUT2D eigenvalue weighted by Gasteiger charge is -2.34. The van der Waals surface area contributed by atoms with Crippen molar-refractivity contribution in [3.63, 3.8) is 0 Å². The summed E-state index contributed by atoms with van der Waals surface area (Å²) >= 11 is 0. The lowest BCUT2D eigenvalue weighted by Crippen LogP contribution is -2.36. The number of anilines is 1. The molecule has 3 heteroatoms. The molecule has 1 aliphatic carbocycles. The van der Waals surface area contributed by atoms with Gasteiger partial charge in [-0.1, -0.05) is 18.2 Å². The Morgan fingerprint density at radius 2 is 1.82 bits per heavy atom. The van der Waals surface area contributed by atoms with Crippen molar-refractivity contribution in [2.45, 2.75) is 19.3 Å². The van der Waals surface area contributed by atoms with Crippen LogP contribution in [0.1, 0.15) is 24.8 Å². The molecule has 0 aromatic heterocycles. The predicted octanol–water partition coefficient (Wildman–Crippen LogP) is 3.54. The molecule has 1 aromatic carbocycles. The zero-order valence-electron chi connectivity index (χ0n) is 13.7. The van der Waals surface area contributed by atoms with Crippen molar-refractivity contribution in [2.24, 2.45) is 0 Å². The van der Waals surface area contributed by atoms with Crippen molar-refractivity contribution in [1.82, 2.24) is 4.90 Å². The van der Waals surface area contributed by atoms with E-state index in [0.29, 0.717) is 0 Å². The zero-order chi connectivity index (χ0) is 15.4. The standard InChI is InChI=1S/C19H26N2O/c1-20(2)18-9-7-16(8-10-18)15-17-5-3-4-6-19(17)21-11-13-22-14-12-21/h6-10,15H,3-5,11-14H2,1-2H3/b17-15+. The maximum Gasteiger partial charge on any atom is 0.0642 e. The summed E-state index contributed by atoms with van der Waals surface area (Å²) in [5.41, 5.74) is 5.45. The molecule has 0 amide bonds. The average Bonchev–Trinajstić information content (AvgIpc) is 2.57. The van der Waals surface area contributed by atoms with Crippen LogP contribution in [0, 0.1) is 0 Å². The molecule has 1 aromatic rings. The van der Waals surface area contributed by atoms with Gasteiger partial charge in [0.15, 0.2) is 0 Å². The molecule has 3 rings (SSSR count). The van der Waals surface area contributed by atoms with Crippen LogP contribution in [-0.4, -0.2) is 45.3 Å². The number of nitrogens with zero attached hydrogens (tertiary/aromatic N) is 2. The Bertz CT molecular complexity index is 551. The molecule has 22 heavy (non-hydrogen) atoms. The third-order valence-corrected chi connectivity index (χ3v) is 4.42. The summed E-state index contributed by atoms with van der Waals surface area (Å²) in [4.78, 5) is 4.62. The Kier molecular flexibility index (Phi) is 4.84. The minimum Gasteiger partial charge on any atom is -0.378 e. The van der Waals surface area contributed by atoms with E-state index in [0.717, 1.165) is 26.3 Å². The van der Waals surface area contributed by atoms with Crippen molar-refractivity contribution in [3.8, 4) is 0 Å². The maximum absolute atomic E-state index is 5.49. The van der Waals surface area contributed by atoms with Gasteiger partial charge in [-0.2, -0.15) is 0 Å². The SMILES string of the molecule is CN(C)c1ccc(/C=C2\CCCC=C2N2CCOCC2)cc1. The van der Waals surface area contributed by atoms with Gasteiger partial charge in [0.05, 0.1) is 13.2 Å². The number of benzene rings is 1. The normalized spacial score (nSPS) is 20.9. The van der Waals surface area contributed by atoms with E-state index < -0.39 is 0 Å². The minimum absolute atomic E-state index is 0.849. The summed E-state index contributed by atoms with van der Waals surface area (Å²) < 4.78 is 5.49. The summed E-state index contributed by atoms with van der Waals surface area (Å²) in [6, 6.07) is 8.81. The number of allylic oxidation sites excluding steroid dienone is 2. The fourth-order valence-corrected chi connectivity index (χ4v) is 3.14. The van der Waals surface area contributed by atoms with Gasteiger partial charge in [0.1, 0.15) is 0 Å². The molecule has 2 aliphatic rings. The molecule has 0 N–H and O–H groups in total. The Labute approximate surface area is 133 Å². The Morgan fingerprint density at radius 1 is 1.09 bits per heavy atom. The van der Waals surface area contributed by atoms with Crippen molar-refractivity contribution in [1.29, 1.82) is 0 Å². The van der Waals surface area contributed by atoms with E-state index in [2.05, 4.69) is 60.3 Å². The highest BCUT2D eigenvalue weighted by Gasteiger charge is 2.19. The fourth-order valence-electron chi connectivity index (χ4n) is 3.14. The lowest BCUT2D eigenvalue weighted by molar-refractivity contribution is 0.0542. The van der Waals surface area contributed by atoms with Gasteiger partial charge >= 0.3 is 0 Å². The Balaban J connectivity index is 1.81. The van der Waals surface area contributed by atoms with Crippen LogP contribution in [0.5, 0.6) is 0 Å². The van der Waals surface area contributed by atoms with Crippen LogP contribution in [0.4, 0.5) is 5.69 Å². The van der Waals surface area contributed by atoms with E-state index in [1.807, 2.05) is 0 Å². The molecule has 0 spiro atoms. The van der Waals surface area contributed by atoms with Gasteiger partial charge in [0.25, 0.3) is 0 Å². The third kappa shape index (κ3) is 3.53. The zero-order valence-corrected chi connectivity index (χ0v) is 13.7. The molecule has 1 fully saturated rings. The van der Waals surface area contributed by atoms with Crippen molar-refractivity contribution in [3.05, 3.63) is 47.2 Å². The molecule has 0 saturated carbocycles. The summed E-state index contributed by atoms with van der Waals surface area (Å²) in [5.74, 6) is 0. The predicted molar refractivity (Wildman–Crippen MR) is 93.1 cm³/mol. The largest absolute Gasteiger partial charge is 0.378 e. The Morgan fingerprint density at radius 3 is 2.50 bits per heavy atom. The van der Waals surface area contributed by atoms with Crippen LogP contribution in [0.2, 0.25) is 0 Å². The van der Waals surface area contributed by atoms with E-state index in [-0.39, 0.29) is 0 Å². The van der Waals surface area contributed by atoms with Crippen molar-refractivity contribution >= 4 is 11.8 Å². The van der Waals surface area contributed by atoms with Gasteiger partial charge in [-0.05, 0) is 48.6 Å². The van der Waals surface area contributed by atoms with Gasteiger partial charge < -0.3 is 14.5 Å². The highest BCUT2D eigenvalue weighted by Crippen LogP contribution is 2.29. The summed E-state index contributed by atoms with van der Waals surface area (Å²) in [5, 5.41) is 0. The molecule has 0 bridgehead atoms. The van der Waals surface area contributed by atoms with Crippen LogP contribution in [-0.2, 0) is 4.74 Å². The average molecular weight is 298 g/mol. The van der Waals surface area contributed by atoms with E-state index in [9.17, 15) is 0 Å². The van der Waals surface area contributed by atoms with Crippen LogP contribution in [0.3, 0.4) is 0 Å². The molecular formula is C19H26N2O. The Hall–Kier alpha value is -1.74. The fraction of sp³-hybridized carbons (Fsp3) is 0.474. The highest BCUT2D eigenvalue weighted by molar-refractivity contribution is 5.61. The number of rotatable bonds is 3. The molecular weight excluding hydrogens is 272 g/mol. The molecule has 0 unspecified atom stereocenters. The van der Waals surface area contributed by atoms with Crippen LogP contribution in [0.25, 0.3) is 6.08 Å². The topological polar surface area (TPSA) is 15.7 Å². The molecule has 1 aliphatic heterocycles. The molecule has 1 heterocycles. The van der Waals surface area contributed by atoms with Gasteiger partial charge in [-0.15, -0.1) is 0 Å². The first-order valence-electron chi connectivity index (χ1n) is 8.25. The van der Waals surface area contributed by atoms with Gasteiger partial charge in [0.2, 0.25) is 0 Å². The maximum atomic E-state index is 5.49. The van der Waals surface area contributed by atoms with Crippen LogP contribution < -0.4 is 4.90 Å². The van der Waals surface area contributed by atoms with Crippen LogP contribution >= 0.6 is 0 Å². The number of hydrogen-bond acceptors (Lipinski definition) is 3. The second-order valence-corrected chi connectivity index (χ2v) is 6.24. The van der Waals surface area contributed by atoms with E-state index in [1.54, 1.807) is 0 Å². The number of hydrogen-bond donors (Lipinski definition) is 0. The number of morpholine rings is 1. The monoisotopic (exact) mass is 298 g/mol. The number of ether oxygens (including phenoxy) is 1. The first-order valence-corrected chi connectivity index (χ1v) is 8.25. The summed E-state index contributed by atoms with van der Waals surface area (Å²) in [6.07, 6.45) is 8.41. The summed E-state index contributed by atoms with van der Waals surface area (Å²) in [7, 11) is 4.15. The molecule has 0 radical (unpaired) electrons. The van der Waals surface area contributed by atoms with E-state index >= 15 is 0 Å². The minimum atomic E-state index is 0.849. The lowest BCUT2D eigenvalue weighted by atomic mass is 9.95. The summed E-state index contributed by atoms with van der Waals surface area (Å²) in [6.45, 7) is 3.73. The van der Waals surface area contributed by atoms with Crippen molar-refractivity contribution in [2.75, 3.05) is 45.3 Å². The second kappa shape index (κ2) is 7.01. The smallest absolute Gasteiger partial charge is 0.0642 e. The molecule has 0 atom stereocenters. The van der Waals surface area contributed by atoms with E-state index in [1.165, 1.54) is 41.8 Å². The third-order valence-electron chi connectivity index (χ3n) is 4.42. The van der Waals surface area contributed by atoms with Crippen molar-refractivity contribution < 1.29 is 4.74 Å². The quantitative estimate of drug-likeness (QED) is 0.849. The van der Waals surface area contributed by atoms with Gasteiger partial charge in [-0.3, -0.25) is 0 Å². The van der Waals surface area contributed by atoms with Crippen LogP contribution in [0.15, 0.2) is 41.6 Å². The first-order chi connectivity index (χ1) is 10.7. The second-order valence-electron chi connectivity index (χ2n) is 6.24. The molecule has 3 nitrogen and oxygen atoms in total. The highest BCUT2D eigenvalue weighted by atomic mass is 16.5. The first kappa shape index (κ1) is 15.2. The molecule has 118 valence electrons. The van der Waals surface area contributed by atoms with E-state index in [4.69, 9.17) is 4.74 Å². The molecule has 1 saturated heterocycles. The van der Waals surface area contributed by atoms with Gasteiger partial charge in [0, 0.05) is 38.6 Å². The van der Waals surface area contributed by atoms with Gasteiger partial charge in [-0.25, -0.2) is 0 Å².